The molecule has 0 amide bonds. The molecular formula is C14H15N3. The van der Waals surface area contributed by atoms with Gasteiger partial charge in [0.2, 0.25) is 0 Å². The van der Waals surface area contributed by atoms with E-state index in [1.54, 1.807) is 12.3 Å². The van der Waals surface area contributed by atoms with E-state index in [-0.39, 0.29) is 0 Å². The summed E-state index contributed by atoms with van der Waals surface area (Å²) in [6, 6.07) is 10.3. The van der Waals surface area contributed by atoms with Crippen LogP contribution in [0, 0.1) is 0 Å². The van der Waals surface area contributed by atoms with Crippen molar-refractivity contribution in [3.8, 4) is 0 Å². The van der Waals surface area contributed by atoms with Gasteiger partial charge in [-0.15, -0.1) is 0 Å². The Morgan fingerprint density at radius 2 is 1.82 bits per heavy atom. The van der Waals surface area contributed by atoms with E-state index in [0.717, 1.165) is 0 Å². The van der Waals surface area contributed by atoms with E-state index >= 15 is 0 Å². The minimum absolute atomic E-state index is 0.676. The van der Waals surface area contributed by atoms with Crippen LogP contribution in [0.15, 0.2) is 72.9 Å². The molecule has 1 aromatic carbocycles. The molecule has 0 saturated carbocycles. The first-order valence-corrected chi connectivity index (χ1v) is 5.44. The highest BCUT2D eigenvalue weighted by Gasteiger charge is 1.86. The Balaban J connectivity index is 0.000000128. The monoisotopic (exact) mass is 225 g/mol. The van der Waals surface area contributed by atoms with Gasteiger partial charge < -0.3 is 16.0 Å². The van der Waals surface area contributed by atoms with E-state index in [0.29, 0.717) is 5.82 Å². The number of rotatable bonds is 0. The van der Waals surface area contributed by atoms with Gasteiger partial charge >= 0.3 is 0 Å². The van der Waals surface area contributed by atoms with Gasteiger partial charge in [0.1, 0.15) is 0 Å². The van der Waals surface area contributed by atoms with Crippen LogP contribution in [-0.4, -0.2) is 4.98 Å². The van der Waals surface area contributed by atoms with Crippen LogP contribution >= 0.6 is 0 Å². The highest BCUT2D eigenvalue weighted by molar-refractivity contribution is 5.78. The van der Waals surface area contributed by atoms with E-state index < -0.39 is 0 Å². The molecule has 2 aromatic rings. The third-order valence-corrected chi connectivity index (χ3v) is 2.31. The van der Waals surface area contributed by atoms with Crippen molar-refractivity contribution in [2.75, 3.05) is 0 Å². The number of para-hydroxylation sites is 1. The number of aromatic nitrogens is 1. The Kier molecular flexibility index (Phi) is 3.65. The number of H-pyrrole nitrogens is 1. The van der Waals surface area contributed by atoms with Gasteiger partial charge in [-0.05, 0) is 29.7 Å². The zero-order chi connectivity index (χ0) is 11.9. The average molecular weight is 225 g/mol. The molecule has 0 radical (unpaired) electrons. The summed E-state index contributed by atoms with van der Waals surface area (Å²) in [4.78, 5) is 3.12. The summed E-state index contributed by atoms with van der Waals surface area (Å²) in [7, 11) is 0. The lowest BCUT2D eigenvalue weighted by atomic mass is 10.3. The van der Waals surface area contributed by atoms with Crippen molar-refractivity contribution in [2.24, 2.45) is 5.73 Å². The lowest BCUT2D eigenvalue weighted by Gasteiger charge is -1.93. The molecule has 86 valence electrons. The van der Waals surface area contributed by atoms with Crippen LogP contribution in [0.4, 0.5) is 0 Å². The van der Waals surface area contributed by atoms with Gasteiger partial charge in [0.05, 0.1) is 5.82 Å². The van der Waals surface area contributed by atoms with Crippen LogP contribution in [-0.2, 0) is 0 Å². The van der Waals surface area contributed by atoms with Crippen molar-refractivity contribution in [3.05, 3.63) is 72.9 Å². The topological polar surface area (TPSA) is 53.8 Å². The molecule has 0 aliphatic carbocycles. The van der Waals surface area contributed by atoms with Gasteiger partial charge in [-0.25, -0.2) is 0 Å². The fourth-order valence-electron chi connectivity index (χ4n) is 1.47. The number of aromatic amines is 1. The number of hydrogen-bond acceptors (Lipinski definition) is 2. The molecule has 0 spiro atoms. The van der Waals surface area contributed by atoms with Crippen molar-refractivity contribution in [2.45, 2.75) is 0 Å². The van der Waals surface area contributed by atoms with Gasteiger partial charge in [0.25, 0.3) is 0 Å². The molecule has 1 aliphatic heterocycles. The second-order valence-corrected chi connectivity index (χ2v) is 3.58. The van der Waals surface area contributed by atoms with E-state index in [1.807, 2.05) is 36.6 Å². The summed E-state index contributed by atoms with van der Waals surface area (Å²) >= 11 is 0. The molecule has 17 heavy (non-hydrogen) atoms. The van der Waals surface area contributed by atoms with Crippen LogP contribution < -0.4 is 11.1 Å². The van der Waals surface area contributed by atoms with Gasteiger partial charge in [0.15, 0.2) is 0 Å². The Morgan fingerprint density at radius 1 is 0.941 bits per heavy atom. The average Bonchev–Trinajstić information content (AvgIpc) is 2.71. The number of allylic oxidation sites excluding steroid dienone is 4. The third-order valence-electron chi connectivity index (χ3n) is 2.31. The fourth-order valence-corrected chi connectivity index (χ4v) is 1.47. The first-order valence-electron chi connectivity index (χ1n) is 5.44. The number of nitrogens with two attached hydrogens (primary N) is 1. The minimum atomic E-state index is 0.676. The molecule has 0 atom stereocenters. The van der Waals surface area contributed by atoms with Crippen molar-refractivity contribution in [3.63, 3.8) is 0 Å². The summed E-state index contributed by atoms with van der Waals surface area (Å²) in [5, 5.41) is 4.12. The Hall–Kier alpha value is -2.42. The Morgan fingerprint density at radius 3 is 2.71 bits per heavy atom. The van der Waals surface area contributed by atoms with E-state index in [4.69, 9.17) is 5.73 Å². The minimum Gasteiger partial charge on any atom is -0.385 e. The lowest BCUT2D eigenvalue weighted by Crippen LogP contribution is -2.12. The molecule has 3 heteroatoms. The maximum Gasteiger partial charge on any atom is 0.1000 e. The second kappa shape index (κ2) is 5.61. The zero-order valence-corrected chi connectivity index (χ0v) is 9.43. The van der Waals surface area contributed by atoms with E-state index in [9.17, 15) is 0 Å². The summed E-state index contributed by atoms with van der Waals surface area (Å²) in [5.41, 5.74) is 6.59. The van der Waals surface area contributed by atoms with Crippen LogP contribution in [0.3, 0.4) is 0 Å². The number of fused-ring (bicyclic) bond motifs is 1. The molecule has 4 N–H and O–H groups in total. The maximum atomic E-state index is 5.38. The normalized spacial score (nSPS) is 13.3. The zero-order valence-electron chi connectivity index (χ0n) is 9.43. The van der Waals surface area contributed by atoms with Crippen LogP contribution in [0.1, 0.15) is 0 Å². The smallest absolute Gasteiger partial charge is 0.1000 e. The lowest BCUT2D eigenvalue weighted by molar-refractivity contribution is 1.03. The van der Waals surface area contributed by atoms with Crippen LogP contribution in [0.2, 0.25) is 0 Å². The third kappa shape index (κ3) is 3.28. The maximum absolute atomic E-state index is 5.38. The van der Waals surface area contributed by atoms with E-state index in [2.05, 4.69) is 28.5 Å². The molecular weight excluding hydrogens is 210 g/mol. The van der Waals surface area contributed by atoms with Crippen molar-refractivity contribution >= 4 is 10.9 Å². The largest absolute Gasteiger partial charge is 0.385 e. The van der Waals surface area contributed by atoms with Gasteiger partial charge in [-0.3, -0.25) is 0 Å². The predicted octanol–water partition coefficient (Wildman–Crippen LogP) is 2.63. The standard InChI is InChI=1S/C8H7N.C6H8N2/c1-2-4-8-7(3-1)5-6-9-8;7-6-4-2-1-3-5-8-6/h1-6,9H;1-5,8H,7H2. The molecule has 2 heterocycles. The quantitative estimate of drug-likeness (QED) is 0.645. The summed E-state index contributed by atoms with van der Waals surface area (Å²) < 4.78 is 0. The molecule has 0 bridgehead atoms. The molecule has 1 aliphatic rings. The first kappa shape index (κ1) is 11.1. The Bertz CT molecular complexity index is 531. The van der Waals surface area contributed by atoms with Gasteiger partial charge in [0, 0.05) is 17.9 Å². The molecule has 0 unspecified atom stereocenters. The van der Waals surface area contributed by atoms with Crippen molar-refractivity contribution < 1.29 is 0 Å². The van der Waals surface area contributed by atoms with Gasteiger partial charge in [-0.2, -0.15) is 0 Å². The van der Waals surface area contributed by atoms with Crippen molar-refractivity contribution in [1.29, 1.82) is 0 Å². The highest BCUT2D eigenvalue weighted by atomic mass is 15.0. The predicted molar refractivity (Wildman–Crippen MR) is 72.0 cm³/mol. The van der Waals surface area contributed by atoms with Crippen molar-refractivity contribution in [1.82, 2.24) is 10.3 Å². The molecule has 3 nitrogen and oxygen atoms in total. The molecule has 0 saturated heterocycles. The summed E-state index contributed by atoms with van der Waals surface area (Å²) in [6.07, 6.45) is 11.2. The fraction of sp³-hybridized carbons (Fsp3) is 0. The molecule has 0 fully saturated rings. The molecule has 3 rings (SSSR count). The number of benzene rings is 1. The summed E-state index contributed by atoms with van der Waals surface area (Å²) in [5.74, 6) is 0.676. The second-order valence-electron chi connectivity index (χ2n) is 3.58. The SMILES string of the molecule is NC1=CC=CC=CN1.c1ccc2[nH]ccc2c1. The van der Waals surface area contributed by atoms with Gasteiger partial charge in [-0.1, -0.05) is 30.4 Å². The number of hydrogen-bond donors (Lipinski definition) is 3. The number of nitrogens with one attached hydrogen (secondary N) is 2. The van der Waals surface area contributed by atoms with E-state index in [1.165, 1.54) is 10.9 Å². The Labute approximate surface area is 100 Å². The highest BCUT2D eigenvalue weighted by Crippen LogP contribution is 2.09. The summed E-state index contributed by atoms with van der Waals surface area (Å²) in [6.45, 7) is 0. The first-order chi connectivity index (χ1) is 8.36. The molecule has 1 aromatic heterocycles. The van der Waals surface area contributed by atoms with Crippen LogP contribution in [0.5, 0.6) is 0 Å². The van der Waals surface area contributed by atoms with Crippen LogP contribution in [0.25, 0.3) is 10.9 Å².